The zero-order valence-corrected chi connectivity index (χ0v) is 14.4. The first-order chi connectivity index (χ1) is 9.72. The summed E-state index contributed by atoms with van der Waals surface area (Å²) in [5.41, 5.74) is 0.230. The maximum absolute atomic E-state index is 11.9. The van der Waals surface area contributed by atoms with Gasteiger partial charge in [0.25, 0.3) is 0 Å². The van der Waals surface area contributed by atoms with Crippen molar-refractivity contribution in [3.8, 4) is 0 Å². The van der Waals surface area contributed by atoms with Gasteiger partial charge in [-0.3, -0.25) is 0 Å². The molecule has 21 heavy (non-hydrogen) atoms. The fraction of sp³-hybridized carbons (Fsp3) is 0.357. The highest BCUT2D eigenvalue weighted by Crippen LogP contribution is 2.27. The number of sulfone groups is 1. The maximum atomic E-state index is 11.9. The predicted octanol–water partition coefficient (Wildman–Crippen LogP) is 3.22. The van der Waals surface area contributed by atoms with Crippen molar-refractivity contribution in [3.05, 3.63) is 45.4 Å². The molecule has 7 heteroatoms. The third-order valence-corrected chi connectivity index (χ3v) is 5.78. The van der Waals surface area contributed by atoms with Crippen molar-refractivity contribution in [2.75, 3.05) is 6.26 Å². The number of benzene rings is 1. The van der Waals surface area contributed by atoms with E-state index in [4.69, 9.17) is 11.6 Å². The minimum atomic E-state index is -3.31. The van der Waals surface area contributed by atoms with Gasteiger partial charge in [0, 0.05) is 35.0 Å². The maximum Gasteiger partial charge on any atom is 0.175 e. The van der Waals surface area contributed by atoms with E-state index in [1.807, 2.05) is 19.2 Å². The van der Waals surface area contributed by atoms with Crippen LogP contribution in [0.3, 0.4) is 0 Å². The SMILES string of the molecule is CC(C)(NCc1c(Cl)cccc1S(C)(=O)=O)c1nccs1. The first kappa shape index (κ1) is 16.4. The van der Waals surface area contributed by atoms with Crippen molar-refractivity contribution in [1.29, 1.82) is 0 Å². The molecule has 2 aromatic rings. The number of nitrogens with one attached hydrogen (secondary N) is 1. The number of aromatic nitrogens is 1. The lowest BCUT2D eigenvalue weighted by Gasteiger charge is -2.25. The number of hydrogen-bond acceptors (Lipinski definition) is 5. The molecule has 1 aromatic heterocycles. The molecule has 114 valence electrons. The highest BCUT2D eigenvalue weighted by Gasteiger charge is 2.24. The summed E-state index contributed by atoms with van der Waals surface area (Å²) >= 11 is 7.73. The van der Waals surface area contributed by atoms with Crippen LogP contribution in [0.5, 0.6) is 0 Å². The van der Waals surface area contributed by atoms with Gasteiger partial charge in [-0.25, -0.2) is 13.4 Å². The van der Waals surface area contributed by atoms with E-state index in [1.165, 1.54) is 6.26 Å². The Bertz CT molecular complexity index is 725. The normalized spacial score (nSPS) is 12.6. The molecule has 1 heterocycles. The molecule has 0 saturated carbocycles. The number of hydrogen-bond donors (Lipinski definition) is 1. The smallest absolute Gasteiger partial charge is 0.175 e. The van der Waals surface area contributed by atoms with Gasteiger partial charge in [0.1, 0.15) is 5.01 Å². The third-order valence-electron chi connectivity index (χ3n) is 3.15. The number of nitrogens with zero attached hydrogens (tertiary/aromatic N) is 1. The molecule has 0 aliphatic heterocycles. The molecule has 2 rings (SSSR count). The summed E-state index contributed by atoms with van der Waals surface area (Å²) in [7, 11) is -3.31. The van der Waals surface area contributed by atoms with Crippen LogP contribution < -0.4 is 5.32 Å². The van der Waals surface area contributed by atoms with E-state index in [9.17, 15) is 8.42 Å². The van der Waals surface area contributed by atoms with E-state index in [0.29, 0.717) is 17.1 Å². The Morgan fingerprint density at radius 2 is 2.10 bits per heavy atom. The van der Waals surface area contributed by atoms with Crippen molar-refractivity contribution in [3.63, 3.8) is 0 Å². The molecule has 4 nitrogen and oxygen atoms in total. The van der Waals surface area contributed by atoms with Crippen LogP contribution in [0.15, 0.2) is 34.7 Å². The first-order valence-corrected chi connectivity index (χ1v) is 9.49. The Labute approximate surface area is 134 Å². The number of rotatable bonds is 5. The van der Waals surface area contributed by atoms with Crippen molar-refractivity contribution < 1.29 is 8.42 Å². The van der Waals surface area contributed by atoms with Crippen LogP contribution >= 0.6 is 22.9 Å². The Morgan fingerprint density at radius 1 is 1.38 bits per heavy atom. The topological polar surface area (TPSA) is 59.1 Å². The molecule has 0 atom stereocenters. The molecule has 0 aliphatic rings. The molecule has 0 saturated heterocycles. The van der Waals surface area contributed by atoms with Gasteiger partial charge in [0.15, 0.2) is 9.84 Å². The molecule has 0 radical (unpaired) electrons. The van der Waals surface area contributed by atoms with Crippen LogP contribution in [0.4, 0.5) is 0 Å². The number of halogens is 1. The number of thiazole rings is 1. The minimum absolute atomic E-state index is 0.262. The van der Waals surface area contributed by atoms with E-state index in [-0.39, 0.29) is 10.4 Å². The van der Waals surface area contributed by atoms with Gasteiger partial charge < -0.3 is 5.32 Å². The second-order valence-corrected chi connectivity index (χ2v) is 8.59. The van der Waals surface area contributed by atoms with Crippen LogP contribution in [0.2, 0.25) is 5.02 Å². The van der Waals surface area contributed by atoms with E-state index < -0.39 is 9.84 Å². The molecule has 1 N–H and O–H groups in total. The van der Waals surface area contributed by atoms with Gasteiger partial charge in [-0.1, -0.05) is 17.7 Å². The van der Waals surface area contributed by atoms with Crippen molar-refractivity contribution in [2.45, 2.75) is 30.8 Å². The van der Waals surface area contributed by atoms with Gasteiger partial charge >= 0.3 is 0 Å². The highest BCUT2D eigenvalue weighted by molar-refractivity contribution is 7.90. The molecular weight excluding hydrogens is 328 g/mol. The lowest BCUT2D eigenvalue weighted by Crippen LogP contribution is -2.36. The average molecular weight is 345 g/mol. The van der Waals surface area contributed by atoms with E-state index in [1.54, 1.807) is 35.7 Å². The summed E-state index contributed by atoms with van der Waals surface area (Å²) in [5.74, 6) is 0. The van der Waals surface area contributed by atoms with E-state index in [2.05, 4.69) is 10.3 Å². The molecule has 0 fully saturated rings. The summed E-state index contributed by atoms with van der Waals surface area (Å²) in [6.07, 6.45) is 2.94. The van der Waals surface area contributed by atoms with Crippen molar-refractivity contribution in [2.24, 2.45) is 0 Å². The molecule has 0 unspecified atom stereocenters. The fourth-order valence-corrected chi connectivity index (χ4v) is 3.97. The zero-order chi connectivity index (χ0) is 15.7. The van der Waals surface area contributed by atoms with Crippen LogP contribution in [0.1, 0.15) is 24.4 Å². The second-order valence-electron chi connectivity index (χ2n) is 5.30. The van der Waals surface area contributed by atoms with Gasteiger partial charge in [0.05, 0.1) is 10.4 Å². The van der Waals surface area contributed by atoms with Crippen LogP contribution in [0, 0.1) is 0 Å². The molecule has 0 spiro atoms. The quantitative estimate of drug-likeness (QED) is 0.904. The summed E-state index contributed by atoms with van der Waals surface area (Å²) in [6.45, 7) is 4.36. The average Bonchev–Trinajstić information content (AvgIpc) is 2.90. The molecule has 1 aromatic carbocycles. The third kappa shape index (κ3) is 3.83. The van der Waals surface area contributed by atoms with Crippen molar-refractivity contribution in [1.82, 2.24) is 10.3 Å². The Morgan fingerprint density at radius 3 is 2.67 bits per heavy atom. The zero-order valence-electron chi connectivity index (χ0n) is 12.1. The fourth-order valence-electron chi connectivity index (χ4n) is 1.97. The Balaban J connectivity index is 2.29. The lowest BCUT2D eigenvalue weighted by molar-refractivity contribution is 0.397. The Kier molecular flexibility index (Phi) is 4.72. The van der Waals surface area contributed by atoms with Crippen LogP contribution in [-0.4, -0.2) is 19.7 Å². The lowest BCUT2D eigenvalue weighted by atomic mass is 10.1. The molecule has 0 amide bonds. The summed E-state index contributed by atoms with van der Waals surface area (Å²) in [6, 6.07) is 4.92. The van der Waals surface area contributed by atoms with E-state index >= 15 is 0 Å². The van der Waals surface area contributed by atoms with Crippen LogP contribution in [0.25, 0.3) is 0 Å². The molecule has 0 aliphatic carbocycles. The first-order valence-electron chi connectivity index (χ1n) is 6.34. The summed E-state index contributed by atoms with van der Waals surface area (Å²) < 4.78 is 23.7. The van der Waals surface area contributed by atoms with E-state index in [0.717, 1.165) is 5.01 Å². The summed E-state index contributed by atoms with van der Waals surface area (Å²) in [5, 5.41) is 6.63. The van der Waals surface area contributed by atoms with Crippen molar-refractivity contribution >= 4 is 32.8 Å². The molecular formula is C14H17ClN2O2S2. The monoisotopic (exact) mass is 344 g/mol. The summed E-state index contributed by atoms with van der Waals surface area (Å²) in [4.78, 5) is 4.56. The van der Waals surface area contributed by atoms with Gasteiger partial charge in [-0.05, 0) is 26.0 Å². The van der Waals surface area contributed by atoms with Crippen LogP contribution in [-0.2, 0) is 21.9 Å². The van der Waals surface area contributed by atoms with Gasteiger partial charge in [0.2, 0.25) is 0 Å². The van der Waals surface area contributed by atoms with Gasteiger partial charge in [-0.15, -0.1) is 11.3 Å². The minimum Gasteiger partial charge on any atom is -0.302 e. The molecule has 0 bridgehead atoms. The van der Waals surface area contributed by atoms with Gasteiger partial charge in [-0.2, -0.15) is 0 Å². The standard InChI is InChI=1S/C14H17ClN2O2S2/c1-14(2,13-16-7-8-20-13)17-9-10-11(15)5-4-6-12(10)21(3,18)19/h4-8,17H,9H2,1-3H3. The largest absolute Gasteiger partial charge is 0.302 e. The Hall–Kier alpha value is -0.950. The second kappa shape index (κ2) is 6.04. The highest BCUT2D eigenvalue weighted by atomic mass is 35.5. The predicted molar refractivity (Wildman–Crippen MR) is 86.5 cm³/mol.